The van der Waals surface area contributed by atoms with Crippen molar-refractivity contribution >= 4 is 39.7 Å². The highest BCUT2D eigenvalue weighted by atomic mass is 32.1. The van der Waals surface area contributed by atoms with E-state index in [1.165, 1.54) is 11.8 Å². The Morgan fingerprint density at radius 1 is 1.10 bits per heavy atom. The molecule has 1 aliphatic heterocycles. The third-order valence-corrected chi connectivity index (χ3v) is 7.59. The van der Waals surface area contributed by atoms with Gasteiger partial charge in [0.1, 0.15) is 17.3 Å². The molecule has 1 aromatic heterocycles. The van der Waals surface area contributed by atoms with Gasteiger partial charge in [-0.05, 0) is 68.1 Å². The molecule has 0 radical (unpaired) electrons. The molecule has 1 saturated heterocycles. The topological polar surface area (TPSA) is 106 Å². The molecule has 1 N–H and O–H groups in total. The Kier molecular flexibility index (Phi) is 8.50. The molecule has 0 aliphatic carbocycles. The van der Waals surface area contributed by atoms with Crippen molar-refractivity contribution in [1.29, 1.82) is 0 Å². The van der Waals surface area contributed by atoms with Crippen LogP contribution in [0.15, 0.2) is 54.1 Å². The molecule has 3 aromatic rings. The van der Waals surface area contributed by atoms with E-state index in [9.17, 15) is 19.5 Å². The summed E-state index contributed by atoms with van der Waals surface area (Å²) in [7, 11) is 0. The smallest absolute Gasteiger partial charge is 0.301 e. The summed E-state index contributed by atoms with van der Waals surface area (Å²) in [6.45, 7) is 10.2. The zero-order valence-corrected chi connectivity index (χ0v) is 23.5. The highest BCUT2D eigenvalue weighted by molar-refractivity contribution is 7.18. The van der Waals surface area contributed by atoms with Crippen molar-refractivity contribution in [2.45, 2.75) is 47.1 Å². The van der Waals surface area contributed by atoms with E-state index in [0.717, 1.165) is 17.8 Å². The number of Topliss-reactive ketones (excluding diaryl/α,β-unsaturated/α-hetero) is 2. The van der Waals surface area contributed by atoms with E-state index < -0.39 is 17.7 Å². The molecular weight excluding hydrogens is 516 g/mol. The first-order chi connectivity index (χ1) is 18.6. The molecule has 4 rings (SSSR count). The minimum absolute atomic E-state index is 0.0688. The highest BCUT2D eigenvalue weighted by Gasteiger charge is 2.48. The number of ether oxygens (including phenoxy) is 2. The highest BCUT2D eigenvalue weighted by Crippen LogP contribution is 2.44. The number of aromatic nitrogens is 1. The van der Waals surface area contributed by atoms with Crippen LogP contribution in [0.5, 0.6) is 11.5 Å². The number of hydrogen-bond acceptors (Lipinski definition) is 8. The van der Waals surface area contributed by atoms with E-state index in [-0.39, 0.29) is 22.2 Å². The Hall–Kier alpha value is -3.98. The zero-order chi connectivity index (χ0) is 28.3. The largest absolute Gasteiger partial charge is 0.507 e. The second-order valence-electron chi connectivity index (χ2n) is 9.70. The molecule has 1 amide bonds. The van der Waals surface area contributed by atoms with Gasteiger partial charge in [0.05, 0.1) is 35.4 Å². The molecule has 204 valence electrons. The summed E-state index contributed by atoms with van der Waals surface area (Å²) in [4.78, 5) is 45.2. The normalized spacial score (nSPS) is 16.7. The number of ketones is 2. The van der Waals surface area contributed by atoms with Gasteiger partial charge in [0.15, 0.2) is 10.9 Å². The van der Waals surface area contributed by atoms with Gasteiger partial charge in [-0.25, -0.2) is 4.98 Å². The fourth-order valence-corrected chi connectivity index (χ4v) is 5.36. The summed E-state index contributed by atoms with van der Waals surface area (Å²) in [6.07, 6.45) is 0.868. The molecule has 9 heteroatoms. The van der Waals surface area contributed by atoms with Crippen LogP contribution >= 0.6 is 11.3 Å². The SMILES string of the molecule is CCOc1ccc(/C(O)=C2\C(=O)C(=O)N(c3nc(C)c(C(C)=O)s3)C2c2cccc(OCCC(C)C)c2)cc1. The van der Waals surface area contributed by atoms with Gasteiger partial charge in [0.25, 0.3) is 5.78 Å². The minimum Gasteiger partial charge on any atom is -0.507 e. The van der Waals surface area contributed by atoms with Crippen LogP contribution < -0.4 is 14.4 Å². The standard InChI is InChI=1S/C30H32N2O6S/c1-6-37-22-12-10-20(11-13-22)26(34)24-25(21-8-7-9-23(16-21)38-15-14-17(2)3)32(29(36)27(24)35)30-31-18(4)28(39-30)19(5)33/h7-13,16-17,25,34H,6,14-15H2,1-5H3/b26-24+. The molecule has 1 aliphatic rings. The maximum atomic E-state index is 13.5. The van der Waals surface area contributed by atoms with Crippen LogP contribution in [0, 0.1) is 12.8 Å². The first kappa shape index (κ1) is 28.0. The Bertz CT molecular complexity index is 1420. The van der Waals surface area contributed by atoms with Gasteiger partial charge in [-0.15, -0.1) is 0 Å². The number of nitrogens with zero attached hydrogens (tertiary/aromatic N) is 2. The van der Waals surface area contributed by atoms with Crippen LogP contribution in [0.2, 0.25) is 0 Å². The van der Waals surface area contributed by atoms with Crippen molar-refractivity contribution < 1.29 is 29.0 Å². The van der Waals surface area contributed by atoms with Gasteiger partial charge >= 0.3 is 5.91 Å². The summed E-state index contributed by atoms with van der Waals surface area (Å²) in [6, 6.07) is 12.8. The minimum atomic E-state index is -0.976. The molecule has 2 heterocycles. The molecule has 0 spiro atoms. The first-order valence-electron chi connectivity index (χ1n) is 12.9. The molecule has 1 unspecified atom stereocenters. The van der Waals surface area contributed by atoms with Crippen LogP contribution in [-0.2, 0) is 9.59 Å². The Balaban J connectivity index is 1.85. The average Bonchev–Trinajstić information content (AvgIpc) is 3.41. The van der Waals surface area contributed by atoms with E-state index >= 15 is 0 Å². The molecule has 1 fully saturated rings. The van der Waals surface area contributed by atoms with Crippen molar-refractivity contribution in [2.24, 2.45) is 5.92 Å². The fourth-order valence-electron chi connectivity index (χ4n) is 4.38. The Labute approximate surface area is 231 Å². The number of amides is 1. The maximum absolute atomic E-state index is 13.5. The van der Waals surface area contributed by atoms with Crippen molar-refractivity contribution in [1.82, 2.24) is 4.98 Å². The quantitative estimate of drug-likeness (QED) is 0.141. The Morgan fingerprint density at radius 3 is 2.44 bits per heavy atom. The van der Waals surface area contributed by atoms with Crippen molar-refractivity contribution in [2.75, 3.05) is 18.1 Å². The number of aryl methyl sites for hydroxylation is 1. The summed E-state index contributed by atoms with van der Waals surface area (Å²) < 4.78 is 11.4. The van der Waals surface area contributed by atoms with E-state index in [2.05, 4.69) is 18.8 Å². The number of carbonyl (C=O) groups excluding carboxylic acids is 3. The molecule has 2 aromatic carbocycles. The summed E-state index contributed by atoms with van der Waals surface area (Å²) >= 11 is 1.05. The lowest BCUT2D eigenvalue weighted by Gasteiger charge is -2.23. The van der Waals surface area contributed by atoms with Crippen LogP contribution in [-0.4, -0.2) is 40.8 Å². The van der Waals surface area contributed by atoms with E-state index in [1.54, 1.807) is 49.4 Å². The van der Waals surface area contributed by atoms with E-state index in [4.69, 9.17) is 9.47 Å². The second kappa shape index (κ2) is 11.8. The third kappa shape index (κ3) is 5.88. The number of rotatable bonds is 10. The predicted molar refractivity (Wildman–Crippen MR) is 151 cm³/mol. The number of benzene rings is 2. The molecule has 8 nitrogen and oxygen atoms in total. The molecular formula is C30H32N2O6S. The molecule has 0 bridgehead atoms. The van der Waals surface area contributed by atoms with Gasteiger partial charge in [0, 0.05) is 12.5 Å². The second-order valence-corrected chi connectivity index (χ2v) is 10.7. The number of aliphatic hydroxyl groups is 1. The van der Waals surface area contributed by atoms with Gasteiger partial charge in [-0.3, -0.25) is 19.3 Å². The number of hydrogen-bond donors (Lipinski definition) is 1. The summed E-state index contributed by atoms with van der Waals surface area (Å²) in [5.41, 5.74) is 1.34. The maximum Gasteiger partial charge on any atom is 0.301 e. The average molecular weight is 549 g/mol. The third-order valence-electron chi connectivity index (χ3n) is 6.33. The summed E-state index contributed by atoms with van der Waals surface area (Å²) in [5.74, 6) is -0.489. The number of anilines is 1. The van der Waals surface area contributed by atoms with Gasteiger partial charge in [-0.1, -0.05) is 37.3 Å². The van der Waals surface area contributed by atoms with Crippen LogP contribution in [0.4, 0.5) is 5.13 Å². The van der Waals surface area contributed by atoms with Crippen molar-refractivity contribution in [3.8, 4) is 11.5 Å². The number of carbonyl (C=O) groups is 3. The summed E-state index contributed by atoms with van der Waals surface area (Å²) in [5, 5.41) is 11.6. The predicted octanol–water partition coefficient (Wildman–Crippen LogP) is 6.10. The molecule has 39 heavy (non-hydrogen) atoms. The van der Waals surface area contributed by atoms with Gasteiger partial charge in [0.2, 0.25) is 0 Å². The van der Waals surface area contributed by atoms with Crippen molar-refractivity contribution in [3.63, 3.8) is 0 Å². The lowest BCUT2D eigenvalue weighted by molar-refractivity contribution is -0.132. The first-order valence-corrected chi connectivity index (χ1v) is 13.7. The zero-order valence-electron chi connectivity index (χ0n) is 22.7. The lowest BCUT2D eigenvalue weighted by atomic mass is 9.95. The van der Waals surface area contributed by atoms with Crippen molar-refractivity contribution in [3.05, 3.63) is 75.8 Å². The van der Waals surface area contributed by atoms with Crippen LogP contribution in [0.25, 0.3) is 5.76 Å². The van der Waals surface area contributed by atoms with E-state index in [1.807, 2.05) is 13.0 Å². The number of thiazole rings is 1. The fraction of sp³-hybridized carbons (Fsp3) is 0.333. The van der Waals surface area contributed by atoms with Gasteiger partial charge in [-0.2, -0.15) is 0 Å². The van der Waals surface area contributed by atoms with E-state index in [0.29, 0.717) is 52.3 Å². The molecule has 1 atom stereocenters. The van der Waals surface area contributed by atoms with Gasteiger partial charge < -0.3 is 14.6 Å². The molecule has 0 saturated carbocycles. The number of aliphatic hydroxyl groups excluding tert-OH is 1. The monoisotopic (exact) mass is 548 g/mol. The lowest BCUT2D eigenvalue weighted by Crippen LogP contribution is -2.29. The van der Waals surface area contributed by atoms with Crippen LogP contribution in [0.1, 0.15) is 66.7 Å². The Morgan fingerprint density at radius 2 is 1.82 bits per heavy atom. The van der Waals surface area contributed by atoms with Crippen LogP contribution in [0.3, 0.4) is 0 Å².